The Bertz CT molecular complexity index is 444. The van der Waals surface area contributed by atoms with Gasteiger partial charge in [-0.2, -0.15) is 5.10 Å². The fraction of sp³-hybridized carbons (Fsp3) is 0.692. The third-order valence-corrected chi connectivity index (χ3v) is 3.60. The first-order valence-electron chi connectivity index (χ1n) is 6.60. The van der Waals surface area contributed by atoms with Gasteiger partial charge in [0.25, 0.3) is 0 Å². The summed E-state index contributed by atoms with van der Waals surface area (Å²) in [5.74, 6) is -0.282. The van der Waals surface area contributed by atoms with Crippen LogP contribution in [-0.2, 0) is 16.1 Å². The van der Waals surface area contributed by atoms with E-state index in [9.17, 15) is 4.79 Å². The van der Waals surface area contributed by atoms with E-state index in [1.165, 1.54) is 0 Å². The number of aromatic nitrogens is 2. The van der Waals surface area contributed by atoms with Gasteiger partial charge in [-0.3, -0.25) is 14.4 Å². The van der Waals surface area contributed by atoms with Gasteiger partial charge >= 0.3 is 0 Å². The Morgan fingerprint density at radius 2 is 2.37 bits per heavy atom. The minimum absolute atomic E-state index is 0.0812. The Labute approximate surface area is 113 Å². The van der Waals surface area contributed by atoms with Crippen molar-refractivity contribution in [3.8, 4) is 0 Å². The molecule has 19 heavy (non-hydrogen) atoms. The molecule has 6 nitrogen and oxygen atoms in total. The second-order valence-corrected chi connectivity index (χ2v) is 5.36. The Morgan fingerprint density at radius 3 is 2.89 bits per heavy atom. The highest BCUT2D eigenvalue weighted by atomic mass is 16.5. The molecule has 0 spiro atoms. The zero-order chi connectivity index (χ0) is 14.0. The van der Waals surface area contributed by atoms with Crippen LogP contribution in [0.25, 0.3) is 0 Å². The predicted octanol–water partition coefficient (Wildman–Crippen LogP) is 0.539. The maximum absolute atomic E-state index is 11.5. The van der Waals surface area contributed by atoms with Crippen LogP contribution < -0.4 is 5.73 Å². The summed E-state index contributed by atoms with van der Waals surface area (Å²) in [7, 11) is 1.67. The van der Waals surface area contributed by atoms with Crippen molar-refractivity contribution in [1.29, 1.82) is 0 Å². The third-order valence-electron chi connectivity index (χ3n) is 3.60. The summed E-state index contributed by atoms with van der Waals surface area (Å²) in [5.41, 5.74) is 6.55. The summed E-state index contributed by atoms with van der Waals surface area (Å²) in [6.45, 7) is 5.58. The van der Waals surface area contributed by atoms with E-state index in [0.717, 1.165) is 12.1 Å². The SMILES string of the molecule is CO[C@H]1C[C@@H](C(N)=O)N(Cc2cnn(C(C)C)c2)C1. The van der Waals surface area contributed by atoms with E-state index in [0.29, 0.717) is 19.0 Å². The van der Waals surface area contributed by atoms with Crippen LogP contribution in [0, 0.1) is 0 Å². The number of hydrogen-bond acceptors (Lipinski definition) is 4. The number of ether oxygens (including phenoxy) is 1. The minimum Gasteiger partial charge on any atom is -0.380 e. The lowest BCUT2D eigenvalue weighted by Crippen LogP contribution is -2.39. The van der Waals surface area contributed by atoms with Gasteiger partial charge in [-0.25, -0.2) is 0 Å². The molecular formula is C13H22N4O2. The van der Waals surface area contributed by atoms with E-state index >= 15 is 0 Å². The molecule has 1 aromatic rings. The van der Waals surface area contributed by atoms with Crippen LogP contribution in [0.15, 0.2) is 12.4 Å². The first-order chi connectivity index (χ1) is 9.01. The highest BCUT2D eigenvalue weighted by molar-refractivity contribution is 5.80. The fourth-order valence-corrected chi connectivity index (χ4v) is 2.48. The zero-order valence-corrected chi connectivity index (χ0v) is 11.7. The minimum atomic E-state index is -0.282. The Morgan fingerprint density at radius 1 is 1.63 bits per heavy atom. The number of hydrogen-bond donors (Lipinski definition) is 1. The molecule has 1 amide bonds. The molecular weight excluding hydrogens is 244 g/mol. The van der Waals surface area contributed by atoms with Gasteiger partial charge in [0.05, 0.1) is 18.3 Å². The lowest BCUT2D eigenvalue weighted by atomic mass is 10.2. The van der Waals surface area contributed by atoms with Gasteiger partial charge in [0.15, 0.2) is 0 Å². The van der Waals surface area contributed by atoms with E-state index in [4.69, 9.17) is 10.5 Å². The molecule has 1 aromatic heterocycles. The summed E-state index contributed by atoms with van der Waals surface area (Å²) in [6, 6.07) is 0.0957. The quantitative estimate of drug-likeness (QED) is 0.844. The topological polar surface area (TPSA) is 73.4 Å². The summed E-state index contributed by atoms with van der Waals surface area (Å²) in [5, 5.41) is 4.31. The van der Waals surface area contributed by atoms with Gasteiger partial charge in [-0.15, -0.1) is 0 Å². The number of rotatable bonds is 5. The number of amides is 1. The maximum atomic E-state index is 11.5. The number of carbonyl (C=O) groups excluding carboxylic acids is 1. The van der Waals surface area contributed by atoms with Crippen molar-refractivity contribution < 1.29 is 9.53 Å². The lowest BCUT2D eigenvalue weighted by molar-refractivity contribution is -0.122. The average Bonchev–Trinajstić information content (AvgIpc) is 2.96. The number of nitrogens with two attached hydrogens (primary N) is 1. The van der Waals surface area contributed by atoms with Crippen molar-refractivity contribution in [2.24, 2.45) is 5.73 Å². The molecule has 2 atom stereocenters. The summed E-state index contributed by atoms with van der Waals surface area (Å²) in [6.07, 6.45) is 4.61. The van der Waals surface area contributed by atoms with E-state index < -0.39 is 0 Å². The molecule has 1 aliphatic rings. The van der Waals surface area contributed by atoms with E-state index in [2.05, 4.69) is 23.8 Å². The molecule has 0 radical (unpaired) electrons. The van der Waals surface area contributed by atoms with Crippen molar-refractivity contribution in [2.45, 2.75) is 45.0 Å². The largest absolute Gasteiger partial charge is 0.380 e. The summed E-state index contributed by atoms with van der Waals surface area (Å²) in [4.78, 5) is 13.5. The van der Waals surface area contributed by atoms with Crippen molar-refractivity contribution in [1.82, 2.24) is 14.7 Å². The molecule has 0 saturated carbocycles. The number of methoxy groups -OCH3 is 1. The molecule has 106 valence electrons. The first kappa shape index (κ1) is 14.0. The number of likely N-dealkylation sites (tertiary alicyclic amines) is 1. The lowest BCUT2D eigenvalue weighted by Gasteiger charge is -2.20. The van der Waals surface area contributed by atoms with Gasteiger partial charge in [-0.05, 0) is 20.3 Å². The van der Waals surface area contributed by atoms with Crippen LogP contribution in [0.4, 0.5) is 0 Å². The molecule has 1 fully saturated rings. The molecule has 0 unspecified atom stereocenters. The van der Waals surface area contributed by atoms with Crippen molar-refractivity contribution in [3.05, 3.63) is 18.0 Å². The second kappa shape index (κ2) is 5.71. The molecule has 1 saturated heterocycles. The number of nitrogens with zero attached hydrogens (tertiary/aromatic N) is 3. The van der Waals surface area contributed by atoms with Crippen LogP contribution in [0.2, 0.25) is 0 Å². The molecule has 2 heterocycles. The molecule has 2 N–H and O–H groups in total. The summed E-state index contributed by atoms with van der Waals surface area (Å²) < 4.78 is 7.25. The molecule has 0 aliphatic carbocycles. The normalized spacial score (nSPS) is 24.2. The van der Waals surface area contributed by atoms with E-state index in [1.54, 1.807) is 7.11 Å². The standard InChI is InChI=1S/C13H22N4O2/c1-9(2)17-7-10(5-15-17)6-16-8-11(19-3)4-12(16)13(14)18/h5,7,9,11-12H,4,6,8H2,1-3H3,(H2,14,18)/t11-,12-/m0/s1. The average molecular weight is 266 g/mol. The van der Waals surface area contributed by atoms with Gasteiger partial charge in [0.2, 0.25) is 5.91 Å². The van der Waals surface area contributed by atoms with Crippen LogP contribution in [0.3, 0.4) is 0 Å². The first-order valence-corrected chi connectivity index (χ1v) is 6.60. The maximum Gasteiger partial charge on any atom is 0.234 e. The Hall–Kier alpha value is -1.40. The smallest absolute Gasteiger partial charge is 0.234 e. The van der Waals surface area contributed by atoms with Gasteiger partial charge in [-0.1, -0.05) is 0 Å². The Kier molecular flexibility index (Phi) is 4.21. The molecule has 0 aromatic carbocycles. The van der Waals surface area contributed by atoms with Crippen LogP contribution in [0.5, 0.6) is 0 Å². The number of carbonyl (C=O) groups is 1. The highest BCUT2D eigenvalue weighted by Crippen LogP contribution is 2.22. The Balaban J connectivity index is 2.05. The highest BCUT2D eigenvalue weighted by Gasteiger charge is 2.35. The zero-order valence-electron chi connectivity index (χ0n) is 11.7. The molecule has 2 rings (SSSR count). The van der Waals surface area contributed by atoms with Crippen molar-refractivity contribution in [3.63, 3.8) is 0 Å². The van der Waals surface area contributed by atoms with E-state index in [1.807, 2.05) is 17.1 Å². The van der Waals surface area contributed by atoms with Crippen LogP contribution >= 0.6 is 0 Å². The van der Waals surface area contributed by atoms with E-state index in [-0.39, 0.29) is 18.1 Å². The third kappa shape index (κ3) is 3.13. The summed E-state index contributed by atoms with van der Waals surface area (Å²) >= 11 is 0. The predicted molar refractivity (Wildman–Crippen MR) is 71.4 cm³/mol. The van der Waals surface area contributed by atoms with Crippen molar-refractivity contribution >= 4 is 5.91 Å². The van der Waals surface area contributed by atoms with Crippen LogP contribution in [-0.4, -0.2) is 46.4 Å². The van der Waals surface area contributed by atoms with Gasteiger partial charge in [0.1, 0.15) is 0 Å². The second-order valence-electron chi connectivity index (χ2n) is 5.36. The fourth-order valence-electron chi connectivity index (χ4n) is 2.48. The van der Waals surface area contributed by atoms with Gasteiger partial charge in [0, 0.05) is 38.0 Å². The monoisotopic (exact) mass is 266 g/mol. The van der Waals surface area contributed by atoms with Gasteiger partial charge < -0.3 is 10.5 Å². The molecule has 0 bridgehead atoms. The molecule has 1 aliphatic heterocycles. The number of primary amides is 1. The van der Waals surface area contributed by atoms with Crippen molar-refractivity contribution in [2.75, 3.05) is 13.7 Å². The molecule has 6 heteroatoms. The van der Waals surface area contributed by atoms with Crippen LogP contribution in [0.1, 0.15) is 31.9 Å².